The number of carbonyl (C=O) groups excluding carboxylic acids is 2. The Kier molecular flexibility index (Phi) is 8.70. The molecule has 0 aliphatic carbocycles. The maximum atomic E-state index is 13.0. The van der Waals surface area contributed by atoms with E-state index >= 15 is 0 Å². The minimum absolute atomic E-state index is 0.0771. The van der Waals surface area contributed by atoms with Crippen LogP contribution in [-0.4, -0.2) is 84.9 Å². The molecule has 2 heterocycles. The van der Waals surface area contributed by atoms with Crippen LogP contribution >= 0.6 is 0 Å². The highest BCUT2D eigenvalue weighted by atomic mass is 16.2. The zero-order chi connectivity index (χ0) is 21.3. The zero-order valence-corrected chi connectivity index (χ0v) is 18.7. The minimum Gasteiger partial charge on any atom is -0.355 e. The van der Waals surface area contributed by atoms with Crippen LogP contribution in [-0.2, 0) is 16.0 Å². The monoisotopic (exact) mass is 414 g/mol. The summed E-state index contributed by atoms with van der Waals surface area (Å²) in [6, 6.07) is 10.6. The van der Waals surface area contributed by atoms with Gasteiger partial charge >= 0.3 is 0 Å². The molecule has 2 aliphatic heterocycles. The molecule has 6 nitrogen and oxygen atoms in total. The molecule has 6 heteroatoms. The smallest absolute Gasteiger partial charge is 0.239 e. The van der Waals surface area contributed by atoms with E-state index in [9.17, 15) is 9.59 Å². The van der Waals surface area contributed by atoms with Gasteiger partial charge in [0, 0.05) is 45.8 Å². The molecular weight excluding hydrogens is 376 g/mol. The maximum absolute atomic E-state index is 13.0. The van der Waals surface area contributed by atoms with E-state index < -0.39 is 0 Å². The van der Waals surface area contributed by atoms with Crippen LogP contribution in [0.4, 0.5) is 0 Å². The number of likely N-dealkylation sites (tertiary alicyclic amines) is 1. The van der Waals surface area contributed by atoms with Crippen molar-refractivity contribution in [1.29, 1.82) is 0 Å². The highest BCUT2D eigenvalue weighted by Crippen LogP contribution is 2.23. The van der Waals surface area contributed by atoms with Crippen LogP contribution in [0.3, 0.4) is 0 Å². The first-order chi connectivity index (χ1) is 14.6. The Morgan fingerprint density at radius 3 is 2.33 bits per heavy atom. The number of nitrogens with zero attached hydrogens (tertiary/aromatic N) is 3. The first-order valence-corrected chi connectivity index (χ1v) is 11.6. The number of rotatable bonds is 8. The Morgan fingerprint density at radius 1 is 1.03 bits per heavy atom. The molecule has 0 radical (unpaired) electrons. The van der Waals surface area contributed by atoms with Crippen molar-refractivity contribution in [2.45, 2.75) is 45.6 Å². The fourth-order valence-electron chi connectivity index (χ4n) is 4.56. The quantitative estimate of drug-likeness (QED) is 0.707. The Balaban J connectivity index is 1.38. The van der Waals surface area contributed by atoms with E-state index in [4.69, 9.17) is 0 Å². The van der Waals surface area contributed by atoms with Gasteiger partial charge in [-0.25, -0.2) is 0 Å². The topological polar surface area (TPSA) is 55.9 Å². The number of benzene rings is 1. The van der Waals surface area contributed by atoms with Gasteiger partial charge in [-0.15, -0.1) is 0 Å². The number of piperidine rings is 1. The van der Waals surface area contributed by atoms with Crippen molar-refractivity contribution < 1.29 is 9.59 Å². The van der Waals surface area contributed by atoms with Gasteiger partial charge in [-0.1, -0.05) is 37.3 Å². The van der Waals surface area contributed by atoms with Crippen molar-refractivity contribution in [1.82, 2.24) is 20.0 Å². The Hall–Kier alpha value is -1.92. The number of amides is 2. The SMILES string of the molecule is CCCNC(=O)CN1CCN(C(C)C(=O)N2CCC(Cc3ccccc3)CC2)CC1. The largest absolute Gasteiger partial charge is 0.355 e. The fraction of sp³-hybridized carbons (Fsp3) is 0.667. The van der Waals surface area contributed by atoms with Gasteiger partial charge in [0.15, 0.2) is 0 Å². The fourth-order valence-corrected chi connectivity index (χ4v) is 4.56. The van der Waals surface area contributed by atoms with Gasteiger partial charge in [-0.3, -0.25) is 19.4 Å². The van der Waals surface area contributed by atoms with Crippen molar-refractivity contribution in [3.8, 4) is 0 Å². The van der Waals surface area contributed by atoms with Crippen LogP contribution in [0.2, 0.25) is 0 Å². The third-order valence-electron chi connectivity index (χ3n) is 6.54. The van der Waals surface area contributed by atoms with Crippen LogP contribution < -0.4 is 5.32 Å². The molecule has 1 unspecified atom stereocenters. The molecular formula is C24H38N4O2. The molecule has 0 spiro atoms. The number of hydrogen-bond donors (Lipinski definition) is 1. The van der Waals surface area contributed by atoms with E-state index in [1.807, 2.05) is 6.92 Å². The summed E-state index contributed by atoms with van der Waals surface area (Å²) in [5.41, 5.74) is 1.40. The lowest BCUT2D eigenvalue weighted by atomic mass is 9.90. The lowest BCUT2D eigenvalue weighted by Gasteiger charge is -2.40. The zero-order valence-electron chi connectivity index (χ0n) is 18.7. The standard InChI is InChI=1S/C24H38N4O2/c1-3-11-25-23(29)19-26-14-16-27(17-15-26)20(2)24(30)28-12-9-22(10-13-28)18-21-7-5-4-6-8-21/h4-8,20,22H,3,9-19H2,1-2H3,(H,25,29). The van der Waals surface area contributed by atoms with Crippen molar-refractivity contribution in [3.05, 3.63) is 35.9 Å². The third-order valence-corrected chi connectivity index (χ3v) is 6.54. The predicted octanol–water partition coefficient (Wildman–Crippen LogP) is 2.00. The van der Waals surface area contributed by atoms with Gasteiger partial charge in [-0.2, -0.15) is 0 Å². The van der Waals surface area contributed by atoms with Crippen molar-refractivity contribution >= 4 is 11.8 Å². The lowest BCUT2D eigenvalue weighted by molar-refractivity contribution is -0.139. The number of carbonyl (C=O) groups is 2. The summed E-state index contributed by atoms with van der Waals surface area (Å²) in [5.74, 6) is 1.05. The number of hydrogen-bond acceptors (Lipinski definition) is 4. The molecule has 2 amide bonds. The summed E-state index contributed by atoms with van der Waals surface area (Å²) in [6.07, 6.45) is 4.26. The second kappa shape index (κ2) is 11.5. The second-order valence-corrected chi connectivity index (χ2v) is 8.80. The van der Waals surface area contributed by atoms with Crippen LogP contribution in [0.15, 0.2) is 30.3 Å². The second-order valence-electron chi connectivity index (χ2n) is 8.80. The van der Waals surface area contributed by atoms with Crippen LogP contribution in [0, 0.1) is 5.92 Å². The Labute approximate surface area is 181 Å². The molecule has 166 valence electrons. The average Bonchev–Trinajstić information content (AvgIpc) is 2.78. The molecule has 30 heavy (non-hydrogen) atoms. The van der Waals surface area contributed by atoms with Crippen molar-refractivity contribution in [2.24, 2.45) is 5.92 Å². The molecule has 2 fully saturated rings. The Bertz CT molecular complexity index is 665. The van der Waals surface area contributed by atoms with Gasteiger partial charge in [0.25, 0.3) is 0 Å². The molecule has 3 rings (SSSR count). The first kappa shape index (κ1) is 22.8. The van der Waals surface area contributed by atoms with Crippen molar-refractivity contribution in [3.63, 3.8) is 0 Å². The van der Waals surface area contributed by atoms with Crippen LogP contribution in [0.25, 0.3) is 0 Å². The molecule has 2 aliphatic rings. The normalized spacial score (nSPS) is 20.1. The van der Waals surface area contributed by atoms with E-state index in [2.05, 4.69) is 57.3 Å². The Morgan fingerprint density at radius 2 is 1.70 bits per heavy atom. The van der Waals surface area contributed by atoms with E-state index in [1.165, 1.54) is 5.56 Å². The van der Waals surface area contributed by atoms with Gasteiger partial charge < -0.3 is 10.2 Å². The first-order valence-electron chi connectivity index (χ1n) is 11.6. The number of nitrogens with one attached hydrogen (secondary N) is 1. The van der Waals surface area contributed by atoms with Gasteiger partial charge in [0.2, 0.25) is 11.8 Å². The summed E-state index contributed by atoms with van der Waals surface area (Å²) < 4.78 is 0. The molecule has 2 saturated heterocycles. The summed E-state index contributed by atoms with van der Waals surface area (Å²) in [7, 11) is 0. The molecule has 1 aromatic rings. The van der Waals surface area contributed by atoms with Gasteiger partial charge in [-0.05, 0) is 44.1 Å². The molecule has 0 aromatic heterocycles. The van der Waals surface area contributed by atoms with Gasteiger partial charge in [0.1, 0.15) is 0 Å². The van der Waals surface area contributed by atoms with Crippen LogP contribution in [0.1, 0.15) is 38.7 Å². The van der Waals surface area contributed by atoms with Gasteiger partial charge in [0.05, 0.1) is 12.6 Å². The summed E-state index contributed by atoms with van der Waals surface area (Å²) >= 11 is 0. The van der Waals surface area contributed by atoms with E-state index in [1.54, 1.807) is 0 Å². The van der Waals surface area contributed by atoms with E-state index in [0.29, 0.717) is 12.5 Å². The van der Waals surface area contributed by atoms with E-state index in [-0.39, 0.29) is 17.9 Å². The average molecular weight is 415 g/mol. The highest BCUT2D eigenvalue weighted by Gasteiger charge is 2.31. The minimum atomic E-state index is -0.0771. The van der Waals surface area contributed by atoms with E-state index in [0.717, 1.165) is 71.5 Å². The summed E-state index contributed by atoms with van der Waals surface area (Å²) in [4.78, 5) is 31.5. The molecule has 0 bridgehead atoms. The summed E-state index contributed by atoms with van der Waals surface area (Å²) in [6.45, 7) is 10.4. The maximum Gasteiger partial charge on any atom is 0.239 e. The molecule has 1 atom stereocenters. The predicted molar refractivity (Wildman–Crippen MR) is 120 cm³/mol. The highest BCUT2D eigenvalue weighted by molar-refractivity contribution is 5.81. The molecule has 1 N–H and O–H groups in total. The lowest BCUT2D eigenvalue weighted by Crippen LogP contribution is -2.56. The van der Waals surface area contributed by atoms with Crippen LogP contribution in [0.5, 0.6) is 0 Å². The molecule has 0 saturated carbocycles. The summed E-state index contributed by atoms with van der Waals surface area (Å²) in [5, 5.41) is 2.94. The third kappa shape index (κ3) is 6.54. The number of piperazine rings is 1. The molecule has 1 aromatic carbocycles. The van der Waals surface area contributed by atoms with Crippen molar-refractivity contribution in [2.75, 3.05) is 52.4 Å².